The van der Waals surface area contributed by atoms with Crippen LogP contribution in [0.5, 0.6) is 11.5 Å². The maximum Gasteiger partial charge on any atom is 0.159 e. The van der Waals surface area contributed by atoms with E-state index in [2.05, 4.69) is 16.9 Å². The van der Waals surface area contributed by atoms with Gasteiger partial charge in [0.25, 0.3) is 0 Å². The minimum Gasteiger partial charge on any atom is -0.494 e. The first kappa shape index (κ1) is 23.7. The molecule has 0 aliphatic rings. The molecule has 3 aromatic rings. The Balaban J connectivity index is 1.50. The van der Waals surface area contributed by atoms with Gasteiger partial charge in [0, 0.05) is 23.5 Å². The second-order valence-electron chi connectivity index (χ2n) is 8.05. The quantitative estimate of drug-likeness (QED) is 0.264. The second-order valence-corrected chi connectivity index (χ2v) is 8.05. The highest BCUT2D eigenvalue weighted by Crippen LogP contribution is 2.24. The van der Waals surface area contributed by atoms with Gasteiger partial charge in [0.1, 0.15) is 24.3 Å². The molecule has 0 amide bonds. The van der Waals surface area contributed by atoms with Crippen LogP contribution >= 0.6 is 0 Å². The van der Waals surface area contributed by atoms with Gasteiger partial charge in [0.05, 0.1) is 6.61 Å². The number of unbranched alkanes of at least 4 members (excludes halogenated alkanes) is 5. The molecule has 3 rings (SSSR count). The van der Waals surface area contributed by atoms with Crippen LogP contribution in [0.3, 0.4) is 0 Å². The summed E-state index contributed by atoms with van der Waals surface area (Å²) in [5, 5.41) is 0. The smallest absolute Gasteiger partial charge is 0.159 e. The molecule has 2 aromatic carbocycles. The van der Waals surface area contributed by atoms with Crippen molar-refractivity contribution < 1.29 is 13.9 Å². The van der Waals surface area contributed by atoms with Crippen molar-refractivity contribution in [3.05, 3.63) is 60.9 Å². The number of ether oxygens (including phenoxy) is 2. The molecule has 1 heterocycles. The van der Waals surface area contributed by atoms with Gasteiger partial charge in [0.2, 0.25) is 0 Å². The summed E-state index contributed by atoms with van der Waals surface area (Å²) in [5.74, 6) is 2.16. The van der Waals surface area contributed by atoms with Crippen LogP contribution in [0.15, 0.2) is 60.9 Å². The van der Waals surface area contributed by atoms with E-state index in [1.54, 1.807) is 12.1 Å². The highest BCUT2D eigenvalue weighted by molar-refractivity contribution is 5.64. The first-order chi connectivity index (χ1) is 15.7. The van der Waals surface area contributed by atoms with Crippen molar-refractivity contribution >= 4 is 0 Å². The van der Waals surface area contributed by atoms with Crippen LogP contribution in [-0.4, -0.2) is 29.4 Å². The number of nitrogens with zero attached hydrogens (tertiary/aromatic N) is 2. The van der Waals surface area contributed by atoms with Crippen molar-refractivity contribution in [1.29, 1.82) is 0 Å². The standard InChI is InChI=1S/C27H33FN2O2/c1-3-4-5-6-7-8-17-31-25-13-9-22(10-14-25)24-18-29-27(30-19-24)23-11-15-26(16-12-23)32-20-21(2)28/h9-16,18-19,21H,3-8,17,20H2,1-2H3. The second kappa shape index (κ2) is 12.8. The molecule has 0 N–H and O–H groups in total. The van der Waals surface area contributed by atoms with Gasteiger partial charge in [-0.3, -0.25) is 0 Å². The first-order valence-electron chi connectivity index (χ1n) is 11.6. The highest BCUT2D eigenvalue weighted by Gasteiger charge is 2.05. The molecule has 1 aromatic heterocycles. The molecule has 5 heteroatoms. The van der Waals surface area contributed by atoms with E-state index in [-0.39, 0.29) is 6.61 Å². The molecule has 0 saturated carbocycles. The predicted octanol–water partition coefficient (Wildman–Crippen LogP) is 7.29. The summed E-state index contributed by atoms with van der Waals surface area (Å²) >= 11 is 0. The molecule has 0 aliphatic carbocycles. The Kier molecular flexibility index (Phi) is 9.48. The van der Waals surface area contributed by atoms with Crippen molar-refractivity contribution in [2.24, 2.45) is 0 Å². The van der Waals surface area contributed by atoms with E-state index in [1.807, 2.05) is 48.8 Å². The Morgan fingerprint density at radius 3 is 1.91 bits per heavy atom. The lowest BCUT2D eigenvalue weighted by Gasteiger charge is -2.08. The molecule has 0 radical (unpaired) electrons. The average molecular weight is 437 g/mol. The van der Waals surface area contributed by atoms with Crippen LogP contribution in [0.1, 0.15) is 52.4 Å². The van der Waals surface area contributed by atoms with Gasteiger partial charge < -0.3 is 9.47 Å². The topological polar surface area (TPSA) is 44.2 Å². The third-order valence-corrected chi connectivity index (χ3v) is 5.20. The molecule has 0 spiro atoms. The van der Waals surface area contributed by atoms with Gasteiger partial charge in [-0.2, -0.15) is 0 Å². The summed E-state index contributed by atoms with van der Waals surface area (Å²) in [6.07, 6.45) is 10.2. The number of aromatic nitrogens is 2. The van der Waals surface area contributed by atoms with Crippen LogP contribution in [0, 0.1) is 0 Å². The normalized spacial score (nSPS) is 11.8. The van der Waals surface area contributed by atoms with Gasteiger partial charge in [-0.1, -0.05) is 51.2 Å². The predicted molar refractivity (Wildman–Crippen MR) is 128 cm³/mol. The van der Waals surface area contributed by atoms with Crippen molar-refractivity contribution in [2.75, 3.05) is 13.2 Å². The van der Waals surface area contributed by atoms with Crippen LogP contribution in [-0.2, 0) is 0 Å². The Morgan fingerprint density at radius 1 is 0.719 bits per heavy atom. The molecule has 170 valence electrons. The van der Waals surface area contributed by atoms with Crippen molar-refractivity contribution in [3.63, 3.8) is 0 Å². The SMILES string of the molecule is CCCCCCCCOc1ccc(-c2cnc(-c3ccc(OCC(C)F)cc3)nc2)cc1. The van der Waals surface area contributed by atoms with Gasteiger partial charge >= 0.3 is 0 Å². The minimum atomic E-state index is -0.994. The third-order valence-electron chi connectivity index (χ3n) is 5.20. The molecule has 0 aliphatic heterocycles. The van der Waals surface area contributed by atoms with E-state index in [9.17, 15) is 4.39 Å². The van der Waals surface area contributed by atoms with Gasteiger partial charge in [-0.15, -0.1) is 0 Å². The van der Waals surface area contributed by atoms with Crippen molar-refractivity contribution in [3.8, 4) is 34.0 Å². The highest BCUT2D eigenvalue weighted by atomic mass is 19.1. The zero-order valence-electron chi connectivity index (χ0n) is 19.1. The van der Waals surface area contributed by atoms with E-state index in [1.165, 1.54) is 39.0 Å². The molecule has 1 atom stereocenters. The molecular formula is C27H33FN2O2. The summed E-state index contributed by atoms with van der Waals surface area (Å²) in [6.45, 7) is 4.52. The van der Waals surface area contributed by atoms with Crippen molar-refractivity contribution in [1.82, 2.24) is 9.97 Å². The zero-order valence-corrected chi connectivity index (χ0v) is 19.1. The average Bonchev–Trinajstić information content (AvgIpc) is 2.83. The van der Waals surface area contributed by atoms with Crippen LogP contribution in [0.4, 0.5) is 4.39 Å². The monoisotopic (exact) mass is 436 g/mol. The fraction of sp³-hybridized carbons (Fsp3) is 0.407. The maximum absolute atomic E-state index is 12.9. The number of hydrogen-bond donors (Lipinski definition) is 0. The summed E-state index contributed by atoms with van der Waals surface area (Å²) in [6, 6.07) is 15.4. The number of benzene rings is 2. The van der Waals surface area contributed by atoms with Gasteiger partial charge in [0.15, 0.2) is 5.82 Å². The van der Waals surface area contributed by atoms with E-state index in [0.717, 1.165) is 35.5 Å². The maximum atomic E-state index is 12.9. The third kappa shape index (κ3) is 7.63. The van der Waals surface area contributed by atoms with Crippen LogP contribution < -0.4 is 9.47 Å². The summed E-state index contributed by atoms with van der Waals surface area (Å²) < 4.78 is 24.1. The molecule has 0 saturated heterocycles. The number of halogens is 1. The lowest BCUT2D eigenvalue weighted by molar-refractivity contribution is 0.210. The molecule has 1 unspecified atom stereocenters. The lowest BCUT2D eigenvalue weighted by Crippen LogP contribution is -2.08. The lowest BCUT2D eigenvalue weighted by atomic mass is 10.1. The number of hydrogen-bond acceptors (Lipinski definition) is 4. The Morgan fingerprint density at radius 2 is 1.28 bits per heavy atom. The molecular weight excluding hydrogens is 403 g/mol. The van der Waals surface area contributed by atoms with Gasteiger partial charge in [-0.25, -0.2) is 14.4 Å². The Hall–Kier alpha value is -2.95. The first-order valence-corrected chi connectivity index (χ1v) is 11.6. The Bertz CT molecular complexity index is 910. The van der Waals surface area contributed by atoms with E-state index < -0.39 is 6.17 Å². The zero-order chi connectivity index (χ0) is 22.6. The summed E-state index contributed by atoms with van der Waals surface area (Å²) in [4.78, 5) is 9.00. The summed E-state index contributed by atoms with van der Waals surface area (Å²) in [5.41, 5.74) is 2.89. The summed E-state index contributed by atoms with van der Waals surface area (Å²) in [7, 11) is 0. The largest absolute Gasteiger partial charge is 0.494 e. The molecule has 0 fully saturated rings. The fourth-order valence-electron chi connectivity index (χ4n) is 3.35. The van der Waals surface area contributed by atoms with E-state index >= 15 is 0 Å². The fourth-order valence-corrected chi connectivity index (χ4v) is 3.35. The molecule has 4 nitrogen and oxygen atoms in total. The molecule has 0 bridgehead atoms. The van der Waals surface area contributed by atoms with Crippen LogP contribution in [0.25, 0.3) is 22.5 Å². The number of rotatable bonds is 13. The van der Waals surface area contributed by atoms with E-state index in [0.29, 0.717) is 11.6 Å². The number of alkyl halides is 1. The Labute approximate surface area is 190 Å². The van der Waals surface area contributed by atoms with Crippen LogP contribution in [0.2, 0.25) is 0 Å². The van der Waals surface area contributed by atoms with Gasteiger partial charge in [-0.05, 0) is 55.3 Å². The minimum absolute atomic E-state index is 0.0490. The molecule has 32 heavy (non-hydrogen) atoms. The van der Waals surface area contributed by atoms with Crippen molar-refractivity contribution in [2.45, 2.75) is 58.5 Å². The van der Waals surface area contributed by atoms with E-state index in [4.69, 9.17) is 9.47 Å².